The Labute approximate surface area is 156 Å². The van der Waals surface area contributed by atoms with Crippen molar-refractivity contribution < 1.29 is 9.13 Å². The molecule has 2 N–H and O–H groups in total. The zero-order valence-corrected chi connectivity index (χ0v) is 15.7. The number of hydrogen-bond donors (Lipinski definition) is 2. The van der Waals surface area contributed by atoms with Crippen molar-refractivity contribution in [1.29, 1.82) is 0 Å². The Morgan fingerprint density at radius 1 is 1.31 bits per heavy atom. The highest BCUT2D eigenvalue weighted by molar-refractivity contribution is 5.80. The maximum atomic E-state index is 13.8. The average molecular weight is 362 g/mol. The molecule has 1 heterocycles. The minimum Gasteiger partial charge on any atom is -0.379 e. The summed E-state index contributed by atoms with van der Waals surface area (Å²) in [5, 5.41) is 6.91. The molecule has 0 bridgehead atoms. The van der Waals surface area contributed by atoms with Crippen LogP contribution in [0.1, 0.15) is 44.2 Å². The van der Waals surface area contributed by atoms with Gasteiger partial charge in [-0.05, 0) is 37.5 Å². The summed E-state index contributed by atoms with van der Waals surface area (Å²) in [7, 11) is 0. The number of morpholine rings is 1. The van der Waals surface area contributed by atoms with Crippen LogP contribution in [0.5, 0.6) is 0 Å². The molecule has 1 saturated carbocycles. The molecule has 1 atom stereocenters. The number of hydrogen-bond acceptors (Lipinski definition) is 3. The Morgan fingerprint density at radius 2 is 2.08 bits per heavy atom. The van der Waals surface area contributed by atoms with Gasteiger partial charge < -0.3 is 15.4 Å². The third-order valence-electron chi connectivity index (χ3n) is 5.18. The summed E-state index contributed by atoms with van der Waals surface area (Å²) >= 11 is 0. The summed E-state index contributed by atoms with van der Waals surface area (Å²) in [6.07, 6.45) is 5.00. The molecule has 1 aromatic carbocycles. The van der Waals surface area contributed by atoms with E-state index in [0.717, 1.165) is 44.4 Å². The lowest BCUT2D eigenvalue weighted by Gasteiger charge is -2.34. The van der Waals surface area contributed by atoms with Gasteiger partial charge in [0, 0.05) is 25.7 Å². The van der Waals surface area contributed by atoms with Gasteiger partial charge in [-0.1, -0.05) is 25.0 Å². The standard InChI is InChI=1S/C20H31FN4O/c1-2-22-20(24-18-8-3-4-9-18)23-15-19(25-10-12-26-13-11-25)16-6-5-7-17(21)14-16/h5-7,14,18-19H,2-4,8-13,15H2,1H3,(H2,22,23,24). The molecule has 0 radical (unpaired) electrons. The van der Waals surface area contributed by atoms with Crippen LogP contribution < -0.4 is 10.6 Å². The first-order valence-electron chi connectivity index (χ1n) is 9.88. The van der Waals surface area contributed by atoms with E-state index in [0.29, 0.717) is 12.6 Å². The van der Waals surface area contributed by atoms with Crippen LogP contribution in [-0.2, 0) is 4.74 Å². The topological polar surface area (TPSA) is 48.9 Å². The minimum atomic E-state index is -0.194. The number of rotatable bonds is 6. The monoisotopic (exact) mass is 362 g/mol. The molecule has 2 aliphatic rings. The predicted octanol–water partition coefficient (Wildman–Crippen LogP) is 2.70. The van der Waals surface area contributed by atoms with E-state index in [9.17, 15) is 4.39 Å². The maximum Gasteiger partial charge on any atom is 0.191 e. The zero-order valence-electron chi connectivity index (χ0n) is 15.7. The van der Waals surface area contributed by atoms with E-state index >= 15 is 0 Å². The molecule has 1 aromatic rings. The third-order valence-corrected chi connectivity index (χ3v) is 5.18. The van der Waals surface area contributed by atoms with Gasteiger partial charge in [0.05, 0.1) is 25.8 Å². The van der Waals surface area contributed by atoms with Crippen molar-refractivity contribution >= 4 is 5.96 Å². The Morgan fingerprint density at radius 3 is 2.77 bits per heavy atom. The molecule has 1 unspecified atom stereocenters. The smallest absolute Gasteiger partial charge is 0.191 e. The average Bonchev–Trinajstić information content (AvgIpc) is 3.16. The minimum absolute atomic E-state index is 0.0636. The lowest BCUT2D eigenvalue weighted by molar-refractivity contribution is 0.0179. The maximum absolute atomic E-state index is 13.8. The van der Waals surface area contributed by atoms with E-state index in [1.807, 2.05) is 6.07 Å². The van der Waals surface area contributed by atoms with Crippen LogP contribution in [0.2, 0.25) is 0 Å². The van der Waals surface area contributed by atoms with Crippen molar-refractivity contribution in [1.82, 2.24) is 15.5 Å². The Balaban J connectivity index is 1.74. The summed E-state index contributed by atoms with van der Waals surface area (Å²) in [5.74, 6) is 0.676. The number of ether oxygens (including phenoxy) is 1. The van der Waals surface area contributed by atoms with Crippen LogP contribution >= 0.6 is 0 Å². The van der Waals surface area contributed by atoms with Crippen LogP contribution in [0.4, 0.5) is 4.39 Å². The molecule has 0 amide bonds. The van der Waals surface area contributed by atoms with Crippen molar-refractivity contribution in [3.63, 3.8) is 0 Å². The fraction of sp³-hybridized carbons (Fsp3) is 0.650. The molecule has 26 heavy (non-hydrogen) atoms. The molecule has 144 valence electrons. The van der Waals surface area contributed by atoms with E-state index in [-0.39, 0.29) is 11.9 Å². The van der Waals surface area contributed by atoms with E-state index in [2.05, 4.69) is 22.5 Å². The fourth-order valence-corrected chi connectivity index (χ4v) is 3.80. The van der Waals surface area contributed by atoms with E-state index in [1.165, 1.54) is 31.7 Å². The van der Waals surface area contributed by atoms with Crippen molar-refractivity contribution in [2.24, 2.45) is 4.99 Å². The number of halogens is 1. The quantitative estimate of drug-likeness (QED) is 0.603. The van der Waals surface area contributed by atoms with Crippen LogP contribution in [-0.4, -0.2) is 56.3 Å². The molecule has 5 nitrogen and oxygen atoms in total. The van der Waals surface area contributed by atoms with Crippen molar-refractivity contribution in [2.75, 3.05) is 39.4 Å². The van der Waals surface area contributed by atoms with E-state index < -0.39 is 0 Å². The van der Waals surface area contributed by atoms with Gasteiger partial charge in [0.1, 0.15) is 5.82 Å². The lowest BCUT2D eigenvalue weighted by atomic mass is 10.0. The number of guanidine groups is 1. The molecule has 3 rings (SSSR count). The molecule has 2 fully saturated rings. The van der Waals surface area contributed by atoms with Gasteiger partial charge in [-0.2, -0.15) is 0 Å². The van der Waals surface area contributed by atoms with Gasteiger partial charge in [-0.3, -0.25) is 9.89 Å². The van der Waals surface area contributed by atoms with Crippen LogP contribution in [0.3, 0.4) is 0 Å². The largest absolute Gasteiger partial charge is 0.379 e. The second kappa shape index (κ2) is 9.88. The van der Waals surface area contributed by atoms with Gasteiger partial charge in [0.2, 0.25) is 0 Å². The molecule has 0 spiro atoms. The Hall–Kier alpha value is -1.66. The van der Waals surface area contributed by atoms with Crippen LogP contribution in [0, 0.1) is 5.82 Å². The number of benzene rings is 1. The van der Waals surface area contributed by atoms with Gasteiger partial charge >= 0.3 is 0 Å². The highest BCUT2D eigenvalue weighted by atomic mass is 19.1. The van der Waals surface area contributed by atoms with Crippen LogP contribution in [0.15, 0.2) is 29.3 Å². The van der Waals surface area contributed by atoms with Crippen molar-refractivity contribution in [3.8, 4) is 0 Å². The van der Waals surface area contributed by atoms with Gasteiger partial charge in [-0.15, -0.1) is 0 Å². The van der Waals surface area contributed by atoms with Crippen molar-refractivity contribution in [2.45, 2.75) is 44.7 Å². The molecular weight excluding hydrogens is 331 g/mol. The summed E-state index contributed by atoms with van der Waals surface area (Å²) in [6.45, 7) is 6.66. The van der Waals surface area contributed by atoms with E-state index in [1.54, 1.807) is 12.1 Å². The molecule has 6 heteroatoms. The zero-order chi connectivity index (χ0) is 18.2. The first kappa shape index (κ1) is 19.1. The number of nitrogens with zero attached hydrogens (tertiary/aromatic N) is 2. The molecule has 0 aromatic heterocycles. The summed E-state index contributed by atoms with van der Waals surface area (Å²) in [5.41, 5.74) is 0.979. The first-order valence-corrected chi connectivity index (χ1v) is 9.88. The summed E-state index contributed by atoms with van der Waals surface area (Å²) < 4.78 is 19.3. The highest BCUT2D eigenvalue weighted by Gasteiger charge is 2.23. The third kappa shape index (κ3) is 5.42. The molecule has 1 aliphatic heterocycles. The van der Waals surface area contributed by atoms with Gasteiger partial charge in [0.15, 0.2) is 5.96 Å². The van der Waals surface area contributed by atoms with Crippen LogP contribution in [0.25, 0.3) is 0 Å². The molecule has 1 saturated heterocycles. The Kier molecular flexibility index (Phi) is 7.26. The van der Waals surface area contributed by atoms with E-state index in [4.69, 9.17) is 9.73 Å². The molecular formula is C20H31FN4O. The summed E-state index contributed by atoms with van der Waals surface area (Å²) in [6, 6.07) is 7.49. The number of aliphatic imine (C=N–C) groups is 1. The molecule has 1 aliphatic carbocycles. The first-order chi connectivity index (χ1) is 12.8. The fourth-order valence-electron chi connectivity index (χ4n) is 3.80. The normalized spacial score (nSPS) is 20.9. The second-order valence-corrected chi connectivity index (χ2v) is 7.06. The lowest BCUT2D eigenvalue weighted by Crippen LogP contribution is -2.44. The SMILES string of the molecule is CCNC(=NCC(c1cccc(F)c1)N1CCOCC1)NC1CCCC1. The highest BCUT2D eigenvalue weighted by Crippen LogP contribution is 2.23. The predicted molar refractivity (Wildman–Crippen MR) is 103 cm³/mol. The second-order valence-electron chi connectivity index (χ2n) is 7.06. The number of nitrogens with one attached hydrogen (secondary N) is 2. The Bertz CT molecular complexity index is 583. The van der Waals surface area contributed by atoms with Gasteiger partial charge in [0.25, 0.3) is 0 Å². The summed E-state index contributed by atoms with van der Waals surface area (Å²) in [4.78, 5) is 7.20. The van der Waals surface area contributed by atoms with Gasteiger partial charge in [-0.25, -0.2) is 4.39 Å². The van der Waals surface area contributed by atoms with Crippen molar-refractivity contribution in [3.05, 3.63) is 35.6 Å².